The Kier molecular flexibility index (Phi) is 3.78. The van der Waals surface area contributed by atoms with E-state index in [-0.39, 0.29) is 0 Å². The summed E-state index contributed by atoms with van der Waals surface area (Å²) in [5.41, 5.74) is 1.01. The number of piperazine rings is 1. The normalized spacial score (nSPS) is 16.0. The summed E-state index contributed by atoms with van der Waals surface area (Å²) >= 11 is 6.16. The smallest absolute Gasteiger partial charge is 0.207 e. The van der Waals surface area contributed by atoms with Crippen LogP contribution < -0.4 is 4.90 Å². The highest BCUT2D eigenvalue weighted by molar-refractivity contribution is 6.32. The monoisotopic (exact) mass is 302 g/mol. The third-order valence-electron chi connectivity index (χ3n) is 3.57. The first-order valence-electron chi connectivity index (χ1n) is 6.75. The Hall–Kier alpha value is -2.10. The summed E-state index contributed by atoms with van der Waals surface area (Å²) in [6.07, 6.45) is 0. The second-order valence-electron chi connectivity index (χ2n) is 5.02. The molecule has 108 valence electrons. The Morgan fingerprint density at radius 2 is 1.86 bits per heavy atom. The van der Waals surface area contributed by atoms with Crippen molar-refractivity contribution in [2.75, 3.05) is 38.1 Å². The van der Waals surface area contributed by atoms with Crippen molar-refractivity contribution in [2.45, 2.75) is 0 Å². The van der Waals surface area contributed by atoms with Crippen LogP contribution in [0.1, 0.15) is 5.69 Å². The first-order valence-corrected chi connectivity index (χ1v) is 7.12. The molecule has 0 spiro atoms. The van der Waals surface area contributed by atoms with Gasteiger partial charge in [0.15, 0.2) is 5.82 Å². The molecule has 1 aliphatic heterocycles. The summed E-state index contributed by atoms with van der Waals surface area (Å²) in [6.45, 7) is 3.58. The fourth-order valence-electron chi connectivity index (χ4n) is 2.32. The predicted molar refractivity (Wildman–Crippen MR) is 80.8 cm³/mol. The average Bonchev–Trinajstić information content (AvgIpc) is 2.92. The molecule has 1 aromatic carbocycles. The third kappa shape index (κ3) is 2.71. The van der Waals surface area contributed by atoms with Crippen molar-refractivity contribution >= 4 is 17.4 Å². The van der Waals surface area contributed by atoms with Crippen molar-refractivity contribution in [3.8, 4) is 11.8 Å². The maximum absolute atomic E-state index is 9.29. The van der Waals surface area contributed by atoms with Gasteiger partial charge in [0.1, 0.15) is 11.8 Å². The fourth-order valence-corrected chi connectivity index (χ4v) is 2.54. The van der Waals surface area contributed by atoms with Crippen molar-refractivity contribution in [1.29, 1.82) is 5.26 Å². The van der Waals surface area contributed by atoms with Crippen LogP contribution in [-0.2, 0) is 0 Å². The van der Waals surface area contributed by atoms with Gasteiger partial charge < -0.3 is 9.80 Å². The van der Waals surface area contributed by atoms with E-state index in [0.717, 1.165) is 26.2 Å². The van der Waals surface area contributed by atoms with Crippen LogP contribution >= 0.6 is 11.6 Å². The zero-order valence-corrected chi connectivity index (χ0v) is 12.5. The van der Waals surface area contributed by atoms with Crippen LogP contribution in [0.3, 0.4) is 0 Å². The molecule has 2 heterocycles. The first-order chi connectivity index (χ1) is 10.2. The number of rotatable bonds is 2. The highest BCUT2D eigenvalue weighted by atomic mass is 35.5. The van der Waals surface area contributed by atoms with Crippen LogP contribution in [0.25, 0.3) is 5.69 Å². The number of hydrogen-bond donors (Lipinski definition) is 0. The van der Waals surface area contributed by atoms with Gasteiger partial charge in [-0.15, -0.1) is 15.0 Å². The van der Waals surface area contributed by atoms with Crippen molar-refractivity contribution in [3.05, 3.63) is 35.0 Å². The van der Waals surface area contributed by atoms with Gasteiger partial charge in [-0.05, 0) is 19.2 Å². The summed E-state index contributed by atoms with van der Waals surface area (Å²) in [5.74, 6) is 0.630. The largest absolute Gasteiger partial charge is 0.350 e. The molecule has 1 aliphatic rings. The highest BCUT2D eigenvalue weighted by Gasteiger charge is 2.22. The van der Waals surface area contributed by atoms with Crippen LogP contribution in [-0.4, -0.2) is 53.1 Å². The molecule has 1 aromatic heterocycles. The summed E-state index contributed by atoms with van der Waals surface area (Å²) in [5, 5.41) is 18.6. The van der Waals surface area contributed by atoms with Gasteiger partial charge in [-0.3, -0.25) is 0 Å². The number of benzene rings is 1. The van der Waals surface area contributed by atoms with E-state index in [2.05, 4.69) is 33.1 Å². The lowest BCUT2D eigenvalue weighted by atomic mass is 10.3. The maximum Gasteiger partial charge on any atom is 0.207 e. The van der Waals surface area contributed by atoms with Gasteiger partial charge >= 0.3 is 0 Å². The zero-order chi connectivity index (χ0) is 14.8. The van der Waals surface area contributed by atoms with Crippen molar-refractivity contribution in [3.63, 3.8) is 0 Å². The Morgan fingerprint density at radius 3 is 2.52 bits per heavy atom. The fraction of sp³-hybridized carbons (Fsp3) is 0.357. The highest BCUT2D eigenvalue weighted by Crippen LogP contribution is 2.22. The number of hydrogen-bond acceptors (Lipinski definition) is 5. The maximum atomic E-state index is 9.29. The number of anilines is 1. The van der Waals surface area contributed by atoms with Gasteiger partial charge in [-0.2, -0.15) is 5.26 Å². The number of aromatic nitrogens is 3. The van der Waals surface area contributed by atoms with Crippen LogP contribution in [0.5, 0.6) is 0 Å². The number of nitrogens with zero attached hydrogens (tertiary/aromatic N) is 6. The van der Waals surface area contributed by atoms with Gasteiger partial charge in [0, 0.05) is 26.2 Å². The second kappa shape index (κ2) is 5.72. The van der Waals surface area contributed by atoms with E-state index in [1.54, 1.807) is 6.07 Å². The molecule has 2 aromatic rings. The SMILES string of the molecule is CN1CCN(c2nn(-c3ccccc3Cl)nc2C#N)CC1. The van der Waals surface area contributed by atoms with Crippen molar-refractivity contribution in [2.24, 2.45) is 0 Å². The zero-order valence-electron chi connectivity index (χ0n) is 11.7. The lowest BCUT2D eigenvalue weighted by molar-refractivity contribution is 0.312. The van der Waals surface area contributed by atoms with E-state index in [0.29, 0.717) is 22.2 Å². The minimum atomic E-state index is 0.333. The Bertz CT molecular complexity index is 681. The van der Waals surface area contributed by atoms with Gasteiger partial charge in [-0.1, -0.05) is 23.7 Å². The Balaban J connectivity index is 1.96. The molecule has 0 saturated carbocycles. The molecule has 0 N–H and O–H groups in total. The standard InChI is InChI=1S/C14H15ClN6/c1-19-6-8-20(9-7-19)14-12(10-16)17-21(18-14)13-5-3-2-4-11(13)15/h2-5H,6-9H2,1H3. The lowest BCUT2D eigenvalue weighted by Gasteiger charge is -2.32. The molecular formula is C14H15ClN6. The number of likely N-dealkylation sites (N-methyl/N-ethyl adjacent to an activating group) is 1. The quantitative estimate of drug-likeness (QED) is 0.842. The van der Waals surface area contributed by atoms with Crippen LogP contribution in [0.15, 0.2) is 24.3 Å². The van der Waals surface area contributed by atoms with E-state index < -0.39 is 0 Å². The molecular weight excluding hydrogens is 288 g/mol. The predicted octanol–water partition coefficient (Wildman–Crippen LogP) is 1.54. The summed E-state index contributed by atoms with van der Waals surface area (Å²) in [6, 6.07) is 9.45. The van der Waals surface area contributed by atoms with E-state index in [1.807, 2.05) is 18.2 Å². The molecule has 6 nitrogen and oxygen atoms in total. The lowest BCUT2D eigenvalue weighted by Crippen LogP contribution is -2.45. The third-order valence-corrected chi connectivity index (χ3v) is 3.89. The molecule has 1 saturated heterocycles. The summed E-state index contributed by atoms with van der Waals surface area (Å²) in [4.78, 5) is 5.79. The Morgan fingerprint density at radius 1 is 1.14 bits per heavy atom. The summed E-state index contributed by atoms with van der Waals surface area (Å²) in [7, 11) is 2.09. The molecule has 1 fully saturated rings. The molecule has 21 heavy (non-hydrogen) atoms. The number of halogens is 1. The second-order valence-corrected chi connectivity index (χ2v) is 5.42. The van der Waals surface area contributed by atoms with Crippen molar-refractivity contribution in [1.82, 2.24) is 19.9 Å². The molecule has 0 unspecified atom stereocenters. The molecule has 0 bridgehead atoms. The average molecular weight is 303 g/mol. The van der Waals surface area contributed by atoms with E-state index in [1.165, 1.54) is 4.80 Å². The summed E-state index contributed by atoms with van der Waals surface area (Å²) < 4.78 is 0. The molecule has 0 radical (unpaired) electrons. The van der Waals surface area contributed by atoms with Crippen LogP contribution in [0.2, 0.25) is 5.02 Å². The topological polar surface area (TPSA) is 61.0 Å². The first kappa shape index (κ1) is 13.9. The van der Waals surface area contributed by atoms with Crippen LogP contribution in [0, 0.1) is 11.3 Å². The van der Waals surface area contributed by atoms with Crippen molar-refractivity contribution < 1.29 is 0 Å². The molecule has 0 atom stereocenters. The van der Waals surface area contributed by atoms with E-state index in [9.17, 15) is 5.26 Å². The number of para-hydroxylation sites is 1. The number of nitriles is 1. The Labute approximate surface area is 128 Å². The van der Waals surface area contributed by atoms with E-state index in [4.69, 9.17) is 11.6 Å². The van der Waals surface area contributed by atoms with Crippen LogP contribution in [0.4, 0.5) is 5.82 Å². The van der Waals surface area contributed by atoms with Gasteiger partial charge in [0.25, 0.3) is 0 Å². The van der Waals surface area contributed by atoms with Gasteiger partial charge in [-0.25, -0.2) is 0 Å². The molecule has 0 amide bonds. The van der Waals surface area contributed by atoms with Gasteiger partial charge in [0.05, 0.1) is 5.02 Å². The van der Waals surface area contributed by atoms with Gasteiger partial charge in [0.2, 0.25) is 5.69 Å². The molecule has 3 rings (SSSR count). The van der Waals surface area contributed by atoms with E-state index >= 15 is 0 Å². The minimum Gasteiger partial charge on any atom is -0.350 e. The molecule has 0 aliphatic carbocycles. The molecule has 7 heteroatoms. The minimum absolute atomic E-state index is 0.333.